The van der Waals surface area contributed by atoms with Gasteiger partial charge in [0.15, 0.2) is 0 Å². The predicted molar refractivity (Wildman–Crippen MR) is 103 cm³/mol. The second-order valence-corrected chi connectivity index (χ2v) is 7.99. The van der Waals surface area contributed by atoms with E-state index in [1.165, 1.54) is 4.31 Å². The van der Waals surface area contributed by atoms with E-state index in [1.807, 2.05) is 30.3 Å². The average molecular weight is 389 g/mol. The minimum Gasteiger partial charge on any atom is -0.497 e. The zero-order valence-corrected chi connectivity index (χ0v) is 16.0. The normalized spacial score (nSPS) is 15.5. The molecule has 0 spiro atoms. The Hall–Kier alpha value is -2.42. The highest BCUT2D eigenvalue weighted by molar-refractivity contribution is 7.87. The molecule has 1 aliphatic heterocycles. The van der Waals surface area contributed by atoms with Crippen LogP contribution in [0.15, 0.2) is 54.6 Å². The summed E-state index contributed by atoms with van der Waals surface area (Å²) in [5, 5.41) is 0. The van der Waals surface area contributed by atoms with E-state index in [4.69, 9.17) is 4.74 Å². The zero-order valence-electron chi connectivity index (χ0n) is 15.2. The number of amides is 1. The van der Waals surface area contributed by atoms with Gasteiger partial charge < -0.3 is 9.64 Å². The van der Waals surface area contributed by atoms with Gasteiger partial charge in [0.25, 0.3) is 16.1 Å². The highest BCUT2D eigenvalue weighted by Crippen LogP contribution is 2.16. The largest absolute Gasteiger partial charge is 0.497 e. The number of nitrogens with zero attached hydrogens (tertiary/aromatic N) is 2. The van der Waals surface area contributed by atoms with Gasteiger partial charge in [-0.1, -0.05) is 36.4 Å². The third kappa shape index (κ3) is 4.85. The molecule has 1 N–H and O–H groups in total. The first kappa shape index (κ1) is 19.3. The predicted octanol–water partition coefficient (Wildman–Crippen LogP) is 1.49. The van der Waals surface area contributed by atoms with Crippen molar-refractivity contribution in [1.82, 2.24) is 13.9 Å². The molecule has 3 rings (SSSR count). The van der Waals surface area contributed by atoms with Crippen molar-refractivity contribution in [2.24, 2.45) is 0 Å². The Morgan fingerprint density at radius 2 is 1.74 bits per heavy atom. The standard InChI is InChI=1S/C19H23N3O4S/c1-26-18-9-5-8-17(14-18)19(23)21-10-12-22(13-11-21)27(24,25)20-15-16-6-3-2-4-7-16/h2-9,14,20H,10-13,15H2,1H3. The number of methoxy groups -OCH3 is 1. The fourth-order valence-corrected chi connectivity index (χ4v) is 4.11. The first-order valence-electron chi connectivity index (χ1n) is 8.71. The molecular weight excluding hydrogens is 366 g/mol. The fraction of sp³-hybridized carbons (Fsp3) is 0.316. The smallest absolute Gasteiger partial charge is 0.279 e. The quantitative estimate of drug-likeness (QED) is 0.812. The molecule has 0 unspecified atom stereocenters. The van der Waals surface area contributed by atoms with E-state index in [1.54, 1.807) is 36.3 Å². The van der Waals surface area contributed by atoms with Crippen molar-refractivity contribution in [3.8, 4) is 5.75 Å². The van der Waals surface area contributed by atoms with E-state index in [-0.39, 0.29) is 25.5 Å². The molecule has 0 aromatic heterocycles. The Labute approximate surface area is 159 Å². The Bertz CT molecular complexity index is 879. The van der Waals surface area contributed by atoms with Crippen molar-refractivity contribution in [3.63, 3.8) is 0 Å². The van der Waals surface area contributed by atoms with E-state index in [0.717, 1.165) is 5.56 Å². The van der Waals surface area contributed by atoms with Gasteiger partial charge in [-0.25, -0.2) is 0 Å². The highest BCUT2D eigenvalue weighted by Gasteiger charge is 2.29. The van der Waals surface area contributed by atoms with Gasteiger partial charge >= 0.3 is 0 Å². The van der Waals surface area contributed by atoms with Crippen LogP contribution >= 0.6 is 0 Å². The summed E-state index contributed by atoms with van der Waals surface area (Å²) in [6, 6.07) is 16.3. The SMILES string of the molecule is COc1cccc(C(=O)N2CCN(S(=O)(=O)NCc3ccccc3)CC2)c1. The second-order valence-electron chi connectivity index (χ2n) is 6.23. The number of rotatable bonds is 6. The van der Waals surface area contributed by atoms with E-state index in [2.05, 4.69) is 4.72 Å². The second kappa shape index (κ2) is 8.51. The summed E-state index contributed by atoms with van der Waals surface area (Å²) in [5.74, 6) is 0.496. The molecule has 0 saturated carbocycles. The van der Waals surface area contributed by atoms with Crippen LogP contribution in [0.1, 0.15) is 15.9 Å². The van der Waals surface area contributed by atoms with Crippen LogP contribution in [0.3, 0.4) is 0 Å². The van der Waals surface area contributed by atoms with Crippen molar-refractivity contribution in [3.05, 3.63) is 65.7 Å². The number of nitrogens with one attached hydrogen (secondary N) is 1. The lowest BCUT2D eigenvalue weighted by molar-refractivity contribution is 0.0697. The van der Waals surface area contributed by atoms with Crippen LogP contribution in [0.25, 0.3) is 0 Å². The maximum Gasteiger partial charge on any atom is 0.279 e. The summed E-state index contributed by atoms with van der Waals surface area (Å²) in [5.41, 5.74) is 1.43. The molecule has 0 atom stereocenters. The summed E-state index contributed by atoms with van der Waals surface area (Å²) in [7, 11) is -2.03. The number of ether oxygens (including phenoxy) is 1. The van der Waals surface area contributed by atoms with Crippen LogP contribution in [-0.4, -0.2) is 56.8 Å². The molecule has 7 nitrogen and oxygen atoms in total. The minimum absolute atomic E-state index is 0.122. The number of benzene rings is 2. The molecule has 0 radical (unpaired) electrons. The Morgan fingerprint density at radius 1 is 1.04 bits per heavy atom. The summed E-state index contributed by atoms with van der Waals surface area (Å²) in [4.78, 5) is 14.3. The van der Waals surface area contributed by atoms with Gasteiger partial charge in [0, 0.05) is 38.3 Å². The van der Waals surface area contributed by atoms with Crippen molar-refractivity contribution in [1.29, 1.82) is 0 Å². The molecule has 0 bridgehead atoms. The molecule has 1 aliphatic rings. The molecule has 1 fully saturated rings. The molecule has 144 valence electrons. The molecule has 27 heavy (non-hydrogen) atoms. The van der Waals surface area contributed by atoms with Crippen molar-refractivity contribution >= 4 is 16.1 Å². The summed E-state index contributed by atoms with van der Waals surface area (Å²) in [6.07, 6.45) is 0. The minimum atomic E-state index is -3.58. The molecule has 1 saturated heterocycles. The third-order valence-electron chi connectivity index (χ3n) is 4.48. The maximum absolute atomic E-state index is 12.6. The van der Waals surface area contributed by atoms with E-state index >= 15 is 0 Å². The number of hydrogen-bond donors (Lipinski definition) is 1. The van der Waals surface area contributed by atoms with Gasteiger partial charge in [-0.05, 0) is 23.8 Å². The van der Waals surface area contributed by atoms with Crippen LogP contribution in [0.5, 0.6) is 5.75 Å². The fourth-order valence-electron chi connectivity index (χ4n) is 2.93. The lowest BCUT2D eigenvalue weighted by Gasteiger charge is -2.34. The molecular formula is C19H23N3O4S. The highest BCUT2D eigenvalue weighted by atomic mass is 32.2. The van der Waals surface area contributed by atoms with Gasteiger partial charge in [0.1, 0.15) is 5.75 Å². The summed E-state index contributed by atoms with van der Waals surface area (Å²) >= 11 is 0. The first-order valence-corrected chi connectivity index (χ1v) is 10.2. The van der Waals surface area contributed by atoms with Gasteiger partial charge in [-0.15, -0.1) is 0 Å². The molecule has 0 aliphatic carbocycles. The molecule has 1 heterocycles. The van der Waals surface area contributed by atoms with Crippen molar-refractivity contribution in [2.75, 3.05) is 33.3 Å². The number of piperazine rings is 1. The van der Waals surface area contributed by atoms with E-state index in [0.29, 0.717) is 24.4 Å². The zero-order chi connectivity index (χ0) is 19.3. The maximum atomic E-state index is 12.6. The number of carbonyl (C=O) groups is 1. The monoisotopic (exact) mass is 389 g/mol. The molecule has 2 aromatic carbocycles. The van der Waals surface area contributed by atoms with Gasteiger partial charge in [0.05, 0.1) is 7.11 Å². The lowest BCUT2D eigenvalue weighted by Crippen LogP contribution is -2.53. The Balaban J connectivity index is 1.56. The van der Waals surface area contributed by atoms with Crippen molar-refractivity contribution in [2.45, 2.75) is 6.54 Å². The molecule has 1 amide bonds. The van der Waals surface area contributed by atoms with E-state index in [9.17, 15) is 13.2 Å². The molecule has 2 aromatic rings. The average Bonchev–Trinajstić information content (AvgIpc) is 2.72. The van der Waals surface area contributed by atoms with Crippen LogP contribution < -0.4 is 9.46 Å². The number of hydrogen-bond acceptors (Lipinski definition) is 4. The van der Waals surface area contributed by atoms with Crippen LogP contribution in [0.2, 0.25) is 0 Å². The van der Waals surface area contributed by atoms with Crippen molar-refractivity contribution < 1.29 is 17.9 Å². The topological polar surface area (TPSA) is 79.0 Å². The summed E-state index contributed by atoms with van der Waals surface area (Å²) < 4.78 is 34.1. The molecule has 8 heteroatoms. The van der Waals surface area contributed by atoms with Crippen LogP contribution in [0.4, 0.5) is 0 Å². The number of carbonyl (C=O) groups excluding carboxylic acids is 1. The Kier molecular flexibility index (Phi) is 6.10. The van der Waals surface area contributed by atoms with Crippen LogP contribution in [0, 0.1) is 0 Å². The first-order chi connectivity index (χ1) is 13.0. The third-order valence-corrected chi connectivity index (χ3v) is 6.04. The van der Waals surface area contributed by atoms with Gasteiger partial charge in [-0.3, -0.25) is 4.79 Å². The van der Waals surface area contributed by atoms with E-state index < -0.39 is 10.2 Å². The Morgan fingerprint density at radius 3 is 2.41 bits per heavy atom. The lowest BCUT2D eigenvalue weighted by atomic mass is 10.1. The van der Waals surface area contributed by atoms with Gasteiger partial charge in [0.2, 0.25) is 0 Å². The summed E-state index contributed by atoms with van der Waals surface area (Å²) in [6.45, 7) is 1.47. The van der Waals surface area contributed by atoms with Crippen LogP contribution in [-0.2, 0) is 16.8 Å². The van der Waals surface area contributed by atoms with Gasteiger partial charge in [-0.2, -0.15) is 17.4 Å².